The number of hydrogen-bond donors (Lipinski definition) is 0. The minimum Gasteiger partial charge on any atom is -0.466 e. The molecule has 3 heteroatoms. The maximum atomic E-state index is 11.6. The summed E-state index contributed by atoms with van der Waals surface area (Å²) in [7, 11) is 0. The van der Waals surface area contributed by atoms with Crippen molar-refractivity contribution in [2.24, 2.45) is 17.8 Å². The lowest BCUT2D eigenvalue weighted by Gasteiger charge is -2.15. The van der Waals surface area contributed by atoms with Crippen molar-refractivity contribution in [2.45, 2.75) is 32.6 Å². The van der Waals surface area contributed by atoms with Gasteiger partial charge in [0.25, 0.3) is 0 Å². The van der Waals surface area contributed by atoms with Crippen molar-refractivity contribution < 1.29 is 14.3 Å². The Balaban J connectivity index is 2.03. The Labute approximate surface area is 83.8 Å². The standard InChI is InChI=1S/C11H16O3/c1-2-14-11(13)9-4-3-8-7(9)5-6-10(8)12/h7-9H,2-6H2,1H3/t7-,8-,9?/m0/s1. The number of ketones is 1. The van der Waals surface area contributed by atoms with Crippen LogP contribution in [0.1, 0.15) is 32.6 Å². The Bertz CT molecular complexity index is 259. The van der Waals surface area contributed by atoms with Gasteiger partial charge in [-0.05, 0) is 32.1 Å². The van der Waals surface area contributed by atoms with Crippen LogP contribution in [0, 0.1) is 17.8 Å². The average Bonchev–Trinajstić information content (AvgIpc) is 2.69. The SMILES string of the molecule is CCOC(=O)C1CC[C@@H]2C(=O)CC[C@H]12. The molecule has 3 nitrogen and oxygen atoms in total. The molecule has 0 aromatic rings. The molecule has 0 aromatic heterocycles. The van der Waals surface area contributed by atoms with Gasteiger partial charge in [-0.15, -0.1) is 0 Å². The quantitative estimate of drug-likeness (QED) is 0.629. The maximum absolute atomic E-state index is 11.6. The first-order valence-electron chi connectivity index (χ1n) is 5.43. The summed E-state index contributed by atoms with van der Waals surface area (Å²) in [6.07, 6.45) is 3.31. The normalized spacial score (nSPS) is 35.8. The summed E-state index contributed by atoms with van der Waals surface area (Å²) >= 11 is 0. The first kappa shape index (κ1) is 9.69. The van der Waals surface area contributed by atoms with E-state index in [1.54, 1.807) is 0 Å². The number of hydrogen-bond acceptors (Lipinski definition) is 3. The van der Waals surface area contributed by atoms with Crippen molar-refractivity contribution in [1.29, 1.82) is 0 Å². The molecule has 2 aliphatic rings. The molecular formula is C11H16O3. The highest BCUT2D eigenvalue weighted by molar-refractivity contribution is 5.86. The van der Waals surface area contributed by atoms with Crippen molar-refractivity contribution in [3.05, 3.63) is 0 Å². The molecule has 2 fully saturated rings. The molecule has 1 unspecified atom stereocenters. The van der Waals surface area contributed by atoms with E-state index >= 15 is 0 Å². The zero-order valence-corrected chi connectivity index (χ0v) is 8.49. The number of Topliss-reactive ketones (excluding diaryl/α,β-unsaturated/α-hetero) is 1. The summed E-state index contributed by atoms with van der Waals surface area (Å²) in [6, 6.07) is 0. The number of carbonyl (C=O) groups is 2. The van der Waals surface area contributed by atoms with Gasteiger partial charge < -0.3 is 4.74 Å². The van der Waals surface area contributed by atoms with E-state index in [0.29, 0.717) is 24.7 Å². The van der Waals surface area contributed by atoms with Crippen LogP contribution >= 0.6 is 0 Å². The van der Waals surface area contributed by atoms with Crippen LogP contribution < -0.4 is 0 Å². The third kappa shape index (κ3) is 1.45. The highest BCUT2D eigenvalue weighted by atomic mass is 16.5. The molecule has 0 amide bonds. The number of esters is 1. The van der Waals surface area contributed by atoms with Crippen molar-refractivity contribution in [1.82, 2.24) is 0 Å². The zero-order chi connectivity index (χ0) is 10.1. The molecule has 0 radical (unpaired) electrons. The van der Waals surface area contributed by atoms with Gasteiger partial charge in [0.1, 0.15) is 5.78 Å². The molecule has 14 heavy (non-hydrogen) atoms. The molecule has 0 N–H and O–H groups in total. The molecule has 0 heterocycles. The Morgan fingerprint density at radius 2 is 2.21 bits per heavy atom. The van der Waals surface area contributed by atoms with Gasteiger partial charge in [0.05, 0.1) is 12.5 Å². The van der Waals surface area contributed by atoms with E-state index < -0.39 is 0 Å². The Morgan fingerprint density at radius 1 is 1.43 bits per heavy atom. The van der Waals surface area contributed by atoms with Crippen LogP contribution in [-0.2, 0) is 14.3 Å². The van der Waals surface area contributed by atoms with Gasteiger partial charge in [-0.2, -0.15) is 0 Å². The summed E-state index contributed by atoms with van der Waals surface area (Å²) in [5, 5.41) is 0. The van der Waals surface area contributed by atoms with Gasteiger partial charge in [-0.25, -0.2) is 0 Å². The van der Waals surface area contributed by atoms with E-state index in [-0.39, 0.29) is 17.8 Å². The van der Waals surface area contributed by atoms with E-state index in [1.165, 1.54) is 0 Å². The van der Waals surface area contributed by atoms with Crippen LogP contribution in [0.2, 0.25) is 0 Å². The molecule has 0 spiro atoms. The summed E-state index contributed by atoms with van der Waals surface area (Å²) in [5.41, 5.74) is 0. The van der Waals surface area contributed by atoms with Crippen LogP contribution in [0.3, 0.4) is 0 Å². The Hall–Kier alpha value is -0.860. The number of carbonyl (C=O) groups excluding carboxylic acids is 2. The third-order valence-electron chi connectivity index (χ3n) is 3.55. The fourth-order valence-electron chi connectivity index (χ4n) is 2.91. The van der Waals surface area contributed by atoms with Crippen molar-refractivity contribution >= 4 is 11.8 Å². The van der Waals surface area contributed by atoms with Gasteiger partial charge in [-0.3, -0.25) is 9.59 Å². The summed E-state index contributed by atoms with van der Waals surface area (Å²) in [4.78, 5) is 23.0. The minimum absolute atomic E-state index is 0.00593. The second-order valence-corrected chi connectivity index (χ2v) is 4.21. The van der Waals surface area contributed by atoms with Crippen LogP contribution in [0.4, 0.5) is 0 Å². The number of rotatable bonds is 2. The van der Waals surface area contributed by atoms with Crippen LogP contribution in [0.15, 0.2) is 0 Å². The number of fused-ring (bicyclic) bond motifs is 1. The molecule has 0 saturated heterocycles. The molecule has 0 bridgehead atoms. The first-order valence-corrected chi connectivity index (χ1v) is 5.43. The lowest BCUT2D eigenvalue weighted by molar-refractivity contribution is -0.149. The molecule has 2 aliphatic carbocycles. The predicted molar refractivity (Wildman–Crippen MR) is 50.6 cm³/mol. The van der Waals surface area contributed by atoms with Gasteiger partial charge in [0.2, 0.25) is 0 Å². The second kappa shape index (κ2) is 3.71. The zero-order valence-electron chi connectivity index (χ0n) is 8.49. The van der Waals surface area contributed by atoms with Crippen LogP contribution in [0.25, 0.3) is 0 Å². The maximum Gasteiger partial charge on any atom is 0.309 e. The molecule has 3 atom stereocenters. The fraction of sp³-hybridized carbons (Fsp3) is 0.818. The lowest BCUT2D eigenvalue weighted by Crippen LogP contribution is -2.22. The summed E-state index contributed by atoms with van der Waals surface area (Å²) < 4.78 is 5.02. The number of ether oxygens (including phenoxy) is 1. The Morgan fingerprint density at radius 3 is 2.93 bits per heavy atom. The van der Waals surface area contributed by atoms with Gasteiger partial charge >= 0.3 is 5.97 Å². The van der Waals surface area contributed by atoms with E-state index in [0.717, 1.165) is 19.3 Å². The van der Waals surface area contributed by atoms with Gasteiger partial charge in [-0.1, -0.05) is 0 Å². The summed E-state index contributed by atoms with van der Waals surface area (Å²) in [5.74, 6) is 0.744. The smallest absolute Gasteiger partial charge is 0.309 e. The molecule has 0 aromatic carbocycles. The van der Waals surface area contributed by atoms with Gasteiger partial charge in [0, 0.05) is 12.3 Å². The molecule has 2 rings (SSSR count). The van der Waals surface area contributed by atoms with E-state index in [9.17, 15) is 9.59 Å². The second-order valence-electron chi connectivity index (χ2n) is 4.21. The summed E-state index contributed by atoms with van der Waals surface area (Å²) in [6.45, 7) is 2.27. The van der Waals surface area contributed by atoms with Gasteiger partial charge in [0.15, 0.2) is 0 Å². The minimum atomic E-state index is -0.0882. The Kier molecular flexibility index (Phi) is 2.57. The van der Waals surface area contributed by atoms with Crippen molar-refractivity contribution in [3.8, 4) is 0 Å². The highest BCUT2D eigenvalue weighted by Gasteiger charge is 2.47. The average molecular weight is 196 g/mol. The van der Waals surface area contributed by atoms with E-state index in [1.807, 2.05) is 6.92 Å². The molecule has 78 valence electrons. The largest absolute Gasteiger partial charge is 0.466 e. The van der Waals surface area contributed by atoms with E-state index in [4.69, 9.17) is 4.74 Å². The van der Waals surface area contributed by atoms with E-state index in [2.05, 4.69) is 0 Å². The molecule has 0 aliphatic heterocycles. The first-order chi connectivity index (χ1) is 6.74. The highest BCUT2D eigenvalue weighted by Crippen LogP contribution is 2.46. The molecular weight excluding hydrogens is 180 g/mol. The lowest BCUT2D eigenvalue weighted by atomic mass is 9.92. The van der Waals surface area contributed by atoms with Crippen LogP contribution in [0.5, 0.6) is 0 Å². The fourth-order valence-corrected chi connectivity index (χ4v) is 2.91. The van der Waals surface area contributed by atoms with Crippen molar-refractivity contribution in [3.63, 3.8) is 0 Å². The van der Waals surface area contributed by atoms with Crippen LogP contribution in [-0.4, -0.2) is 18.4 Å². The van der Waals surface area contributed by atoms with Crippen molar-refractivity contribution in [2.75, 3.05) is 6.61 Å². The monoisotopic (exact) mass is 196 g/mol. The predicted octanol–water partition coefficient (Wildman–Crippen LogP) is 1.55. The molecule has 2 saturated carbocycles. The third-order valence-corrected chi connectivity index (χ3v) is 3.55. The topological polar surface area (TPSA) is 43.4 Å².